The van der Waals surface area contributed by atoms with Gasteiger partial charge in [0.2, 0.25) is 0 Å². The van der Waals surface area contributed by atoms with Crippen LogP contribution in [0, 0.1) is 0 Å². The van der Waals surface area contributed by atoms with Crippen molar-refractivity contribution in [1.29, 1.82) is 0 Å². The summed E-state index contributed by atoms with van der Waals surface area (Å²) in [6.07, 6.45) is 3.31. The number of carbonyl (C=O) groups excluding carboxylic acids is 1. The van der Waals surface area contributed by atoms with E-state index >= 15 is 0 Å². The Morgan fingerprint density at radius 1 is 1.67 bits per heavy atom. The molecule has 4 heteroatoms. The summed E-state index contributed by atoms with van der Waals surface area (Å²) < 4.78 is 1.80. The molecule has 0 N–H and O–H groups in total. The van der Waals surface area contributed by atoms with Gasteiger partial charge in [-0.1, -0.05) is 12.8 Å². The summed E-state index contributed by atoms with van der Waals surface area (Å²) in [4.78, 5) is 14.5. The van der Waals surface area contributed by atoms with E-state index in [1.54, 1.807) is 10.5 Å². The first-order chi connectivity index (χ1) is 5.81. The Morgan fingerprint density at radius 2 is 2.50 bits per heavy atom. The molecule has 2 rings (SSSR count). The first kappa shape index (κ1) is 7.61. The van der Waals surface area contributed by atoms with Gasteiger partial charge in [0.1, 0.15) is 5.82 Å². The van der Waals surface area contributed by atoms with E-state index in [1.807, 2.05) is 6.07 Å². The van der Waals surface area contributed by atoms with Gasteiger partial charge in [0.15, 0.2) is 6.29 Å². The van der Waals surface area contributed by atoms with Crippen LogP contribution in [0.5, 0.6) is 0 Å². The molecule has 0 aromatic carbocycles. The minimum absolute atomic E-state index is 0.636. The Balaban J connectivity index is 2.48. The maximum atomic E-state index is 10.4. The average Bonchev–Trinajstić information content (AvgIpc) is 2.47. The molecule has 1 aromatic rings. The topological polar surface area (TPSA) is 33.2 Å². The molecule has 0 bridgehead atoms. The number of fused-ring (bicyclic) bond motifs is 1. The Morgan fingerprint density at radius 3 is 3.25 bits per heavy atom. The second-order valence-electron chi connectivity index (χ2n) is 2.74. The fraction of sp³-hybridized carbons (Fsp3) is 0.250. The molecule has 2 heterocycles. The molecule has 0 amide bonds. The predicted molar refractivity (Wildman–Crippen MR) is 49.7 cm³/mol. The van der Waals surface area contributed by atoms with Crippen LogP contribution in [0.25, 0.3) is 0 Å². The maximum absolute atomic E-state index is 10.4. The molecule has 0 aliphatic carbocycles. The lowest BCUT2D eigenvalue weighted by Crippen LogP contribution is -2.05. The van der Waals surface area contributed by atoms with Crippen LogP contribution in [0.3, 0.4) is 0 Å². The van der Waals surface area contributed by atoms with Crippen LogP contribution in [0.1, 0.15) is 15.9 Å². The van der Waals surface area contributed by atoms with Crippen molar-refractivity contribution in [3.8, 4) is 0 Å². The van der Waals surface area contributed by atoms with Crippen molar-refractivity contribution in [3.63, 3.8) is 0 Å². The number of aromatic nitrogens is 1. The zero-order chi connectivity index (χ0) is 8.55. The Bertz CT molecular complexity index is 327. The lowest BCUT2D eigenvalue weighted by Gasteiger charge is -2.07. The average molecular weight is 180 g/mol. The first-order valence-corrected chi connectivity index (χ1v) is 4.12. The molecule has 12 heavy (non-hydrogen) atoms. The summed E-state index contributed by atoms with van der Waals surface area (Å²) in [5, 5.41) is 0. The smallest absolute Gasteiger partial charge is 0.151 e. The number of carbonyl (C=O) groups is 1. The molecule has 0 saturated carbocycles. The largest absolute Gasteiger partial charge is 0.303 e. The van der Waals surface area contributed by atoms with Crippen LogP contribution >= 0.6 is 12.8 Å². The molecule has 1 aliphatic heterocycles. The monoisotopic (exact) mass is 180 g/mol. The van der Waals surface area contributed by atoms with Gasteiger partial charge in [-0.25, -0.2) is 4.98 Å². The highest BCUT2D eigenvalue weighted by molar-refractivity contribution is 7.81. The minimum Gasteiger partial charge on any atom is -0.303 e. The molecule has 1 aromatic heterocycles. The predicted octanol–water partition coefficient (Wildman–Crippen LogP) is 1.10. The van der Waals surface area contributed by atoms with E-state index in [4.69, 9.17) is 0 Å². The highest BCUT2D eigenvalue weighted by atomic mass is 32.1. The lowest BCUT2D eigenvalue weighted by molar-refractivity contribution is 0.112. The number of nitrogens with zero attached hydrogens (tertiary/aromatic N) is 2. The van der Waals surface area contributed by atoms with Gasteiger partial charge in [0.25, 0.3) is 0 Å². The number of thiol groups is 1. The second-order valence-corrected chi connectivity index (χ2v) is 3.23. The summed E-state index contributed by atoms with van der Waals surface area (Å²) in [5.74, 6) is 0.879. The normalized spacial score (nSPS) is 14.6. The minimum atomic E-state index is 0.636. The van der Waals surface area contributed by atoms with Gasteiger partial charge < -0.3 is 4.31 Å². The molecule has 0 fully saturated rings. The van der Waals surface area contributed by atoms with Crippen molar-refractivity contribution in [3.05, 3.63) is 23.4 Å². The molecular weight excluding hydrogens is 172 g/mol. The van der Waals surface area contributed by atoms with Crippen LogP contribution in [0.4, 0.5) is 5.82 Å². The number of hydrogen-bond donors (Lipinski definition) is 1. The molecule has 0 radical (unpaired) electrons. The molecule has 0 atom stereocenters. The molecule has 0 spiro atoms. The quantitative estimate of drug-likeness (QED) is 0.519. The summed E-state index contributed by atoms with van der Waals surface area (Å²) in [6, 6.07) is 1.87. The van der Waals surface area contributed by atoms with Crippen molar-refractivity contribution in [1.82, 2.24) is 4.98 Å². The fourth-order valence-electron chi connectivity index (χ4n) is 1.33. The third kappa shape index (κ3) is 1.08. The lowest BCUT2D eigenvalue weighted by atomic mass is 10.2. The van der Waals surface area contributed by atoms with Gasteiger partial charge >= 0.3 is 0 Å². The van der Waals surface area contributed by atoms with E-state index in [9.17, 15) is 4.79 Å². The van der Waals surface area contributed by atoms with Gasteiger partial charge in [0, 0.05) is 18.3 Å². The fourth-order valence-corrected chi connectivity index (χ4v) is 1.61. The Kier molecular flexibility index (Phi) is 1.77. The zero-order valence-electron chi connectivity index (χ0n) is 6.40. The SMILES string of the molecule is O=Cc1cnc2c(c1)CCN2S. The standard InChI is InChI=1S/C8H8N2OS/c11-5-6-3-7-1-2-10(12)8(7)9-4-6/h3-5,12H,1-2H2. The molecule has 1 aliphatic rings. The van der Waals surface area contributed by atoms with E-state index in [2.05, 4.69) is 17.8 Å². The van der Waals surface area contributed by atoms with Crippen LogP contribution in [-0.4, -0.2) is 17.8 Å². The van der Waals surface area contributed by atoms with Crippen LogP contribution < -0.4 is 4.31 Å². The summed E-state index contributed by atoms with van der Waals surface area (Å²) >= 11 is 4.22. The van der Waals surface area contributed by atoms with Crippen molar-refractivity contribution in [2.45, 2.75) is 6.42 Å². The van der Waals surface area contributed by atoms with Crippen molar-refractivity contribution in [2.24, 2.45) is 0 Å². The van der Waals surface area contributed by atoms with E-state index < -0.39 is 0 Å². The van der Waals surface area contributed by atoms with Crippen LogP contribution in [0.2, 0.25) is 0 Å². The van der Waals surface area contributed by atoms with Crippen molar-refractivity contribution < 1.29 is 4.79 Å². The van der Waals surface area contributed by atoms with E-state index in [0.29, 0.717) is 5.56 Å². The third-order valence-electron chi connectivity index (χ3n) is 1.94. The second kappa shape index (κ2) is 2.79. The molecule has 3 nitrogen and oxygen atoms in total. The summed E-state index contributed by atoms with van der Waals surface area (Å²) in [6.45, 7) is 0.869. The van der Waals surface area contributed by atoms with Gasteiger partial charge in [0.05, 0.1) is 0 Å². The van der Waals surface area contributed by atoms with Crippen molar-refractivity contribution in [2.75, 3.05) is 10.8 Å². The van der Waals surface area contributed by atoms with E-state index in [1.165, 1.54) is 0 Å². The molecular formula is C8H8N2OS. The third-order valence-corrected chi connectivity index (χ3v) is 2.33. The first-order valence-electron chi connectivity index (χ1n) is 3.72. The number of hydrogen-bond acceptors (Lipinski definition) is 4. The number of rotatable bonds is 1. The number of pyridine rings is 1. The Labute approximate surface area is 76.0 Å². The van der Waals surface area contributed by atoms with Gasteiger partial charge in [-0.2, -0.15) is 0 Å². The van der Waals surface area contributed by atoms with Gasteiger partial charge in [-0.3, -0.25) is 4.79 Å². The molecule has 0 unspecified atom stereocenters. The van der Waals surface area contributed by atoms with Crippen molar-refractivity contribution >= 4 is 24.9 Å². The summed E-state index contributed by atoms with van der Waals surface area (Å²) in [7, 11) is 0. The van der Waals surface area contributed by atoms with Gasteiger partial charge in [-0.05, 0) is 18.1 Å². The zero-order valence-corrected chi connectivity index (χ0v) is 7.29. The van der Waals surface area contributed by atoms with E-state index in [0.717, 1.165) is 30.6 Å². The van der Waals surface area contributed by atoms with Crippen LogP contribution in [-0.2, 0) is 6.42 Å². The van der Waals surface area contributed by atoms with Gasteiger partial charge in [-0.15, -0.1) is 0 Å². The summed E-state index contributed by atoms with van der Waals surface area (Å²) in [5.41, 5.74) is 1.74. The highest BCUT2D eigenvalue weighted by Gasteiger charge is 2.17. The Hall–Kier alpha value is -1.03. The van der Waals surface area contributed by atoms with Crippen LogP contribution in [0.15, 0.2) is 12.3 Å². The van der Waals surface area contributed by atoms with E-state index in [-0.39, 0.29) is 0 Å². The highest BCUT2D eigenvalue weighted by Crippen LogP contribution is 2.26. The maximum Gasteiger partial charge on any atom is 0.151 e. The molecule has 0 saturated heterocycles. The number of aldehydes is 1. The number of anilines is 1. The molecule has 62 valence electrons.